The lowest BCUT2D eigenvalue weighted by Gasteiger charge is -2.14. The molecule has 0 saturated carbocycles. The average molecular weight is 494 g/mol. The van der Waals surface area contributed by atoms with Gasteiger partial charge in [-0.1, -0.05) is 54.6 Å². The Bertz CT molecular complexity index is 1530. The zero-order valence-electron chi connectivity index (χ0n) is 20.0. The highest BCUT2D eigenvalue weighted by molar-refractivity contribution is 6.09. The molecule has 0 atom stereocenters. The molecule has 0 fully saturated rings. The van der Waals surface area contributed by atoms with Crippen molar-refractivity contribution in [3.8, 4) is 17.6 Å². The number of non-ortho nitro benzene ring substituents is 1. The van der Waals surface area contributed by atoms with Crippen molar-refractivity contribution in [1.29, 1.82) is 5.26 Å². The summed E-state index contributed by atoms with van der Waals surface area (Å²) in [6.45, 7) is 2.59. The number of anilines is 1. The minimum atomic E-state index is -0.683. The van der Waals surface area contributed by atoms with Crippen LogP contribution in [0.2, 0.25) is 0 Å². The Morgan fingerprint density at radius 1 is 1.00 bits per heavy atom. The summed E-state index contributed by atoms with van der Waals surface area (Å²) in [5.74, 6) is 0.330. The molecule has 184 valence electrons. The van der Waals surface area contributed by atoms with E-state index in [-0.39, 0.29) is 16.9 Å². The number of hydrogen-bond acceptors (Lipinski definition) is 6. The Balaban J connectivity index is 1.54. The van der Waals surface area contributed by atoms with Gasteiger partial charge in [-0.2, -0.15) is 5.26 Å². The molecule has 4 rings (SSSR count). The number of ether oxygens (including phenoxy) is 2. The molecule has 8 nitrogen and oxygen atoms in total. The Hall–Kier alpha value is -5.16. The molecule has 4 aromatic rings. The Morgan fingerprint density at radius 2 is 1.78 bits per heavy atom. The van der Waals surface area contributed by atoms with Gasteiger partial charge in [-0.15, -0.1) is 0 Å². The van der Waals surface area contributed by atoms with E-state index in [2.05, 4.69) is 5.32 Å². The van der Waals surface area contributed by atoms with Crippen molar-refractivity contribution >= 4 is 34.1 Å². The van der Waals surface area contributed by atoms with Crippen LogP contribution in [0.15, 0.2) is 90.5 Å². The number of nitrogens with one attached hydrogen (secondary N) is 1. The molecule has 4 aromatic carbocycles. The van der Waals surface area contributed by atoms with Crippen LogP contribution in [0, 0.1) is 21.4 Å². The number of nitrogens with zero attached hydrogens (tertiary/aromatic N) is 2. The van der Waals surface area contributed by atoms with Gasteiger partial charge >= 0.3 is 0 Å². The number of carbonyl (C=O) groups excluding carboxylic acids is 1. The van der Waals surface area contributed by atoms with Gasteiger partial charge in [0.2, 0.25) is 0 Å². The Morgan fingerprint density at radius 3 is 2.57 bits per heavy atom. The van der Waals surface area contributed by atoms with E-state index in [9.17, 15) is 20.2 Å². The van der Waals surface area contributed by atoms with Gasteiger partial charge < -0.3 is 14.8 Å². The summed E-state index contributed by atoms with van der Waals surface area (Å²) < 4.78 is 11.8. The van der Waals surface area contributed by atoms with Gasteiger partial charge in [0.05, 0.1) is 11.5 Å². The Kier molecular flexibility index (Phi) is 7.76. The third-order valence-electron chi connectivity index (χ3n) is 5.52. The number of fused-ring (bicyclic) bond motifs is 1. The number of nitriles is 1. The molecule has 0 aliphatic rings. The van der Waals surface area contributed by atoms with Gasteiger partial charge in [-0.3, -0.25) is 14.9 Å². The molecule has 0 aliphatic heterocycles. The predicted molar refractivity (Wildman–Crippen MR) is 141 cm³/mol. The zero-order chi connectivity index (χ0) is 26.2. The molecule has 0 aromatic heterocycles. The monoisotopic (exact) mass is 493 g/mol. The zero-order valence-corrected chi connectivity index (χ0v) is 20.0. The molecule has 0 heterocycles. The largest absolute Gasteiger partial charge is 0.490 e. The van der Waals surface area contributed by atoms with E-state index in [1.165, 1.54) is 30.3 Å². The molecule has 37 heavy (non-hydrogen) atoms. The van der Waals surface area contributed by atoms with E-state index < -0.39 is 10.8 Å². The minimum Gasteiger partial charge on any atom is -0.490 e. The number of amides is 1. The second kappa shape index (κ2) is 11.5. The topological polar surface area (TPSA) is 114 Å². The summed E-state index contributed by atoms with van der Waals surface area (Å²) in [7, 11) is 0. The van der Waals surface area contributed by atoms with Gasteiger partial charge in [-0.05, 0) is 53.1 Å². The molecule has 0 spiro atoms. The van der Waals surface area contributed by atoms with Crippen molar-refractivity contribution in [2.45, 2.75) is 13.5 Å². The van der Waals surface area contributed by atoms with E-state index in [4.69, 9.17) is 9.47 Å². The molecule has 0 aliphatic carbocycles. The normalized spacial score (nSPS) is 11.0. The quantitative estimate of drug-likeness (QED) is 0.127. The minimum absolute atomic E-state index is 0.166. The van der Waals surface area contributed by atoms with Gasteiger partial charge in [0, 0.05) is 17.8 Å². The van der Waals surface area contributed by atoms with Crippen LogP contribution in [0.1, 0.15) is 18.1 Å². The maximum absolute atomic E-state index is 12.6. The average Bonchev–Trinajstić information content (AvgIpc) is 2.91. The van der Waals surface area contributed by atoms with E-state index in [0.717, 1.165) is 16.3 Å². The van der Waals surface area contributed by atoms with Crippen LogP contribution in [-0.4, -0.2) is 17.4 Å². The second-order valence-corrected chi connectivity index (χ2v) is 8.00. The third-order valence-corrected chi connectivity index (χ3v) is 5.52. The van der Waals surface area contributed by atoms with Crippen LogP contribution in [0.25, 0.3) is 16.8 Å². The van der Waals surface area contributed by atoms with Crippen LogP contribution in [0.3, 0.4) is 0 Å². The van der Waals surface area contributed by atoms with Crippen molar-refractivity contribution in [2.24, 2.45) is 0 Å². The van der Waals surface area contributed by atoms with Gasteiger partial charge in [0.25, 0.3) is 11.6 Å². The van der Waals surface area contributed by atoms with Gasteiger partial charge in [0.15, 0.2) is 11.5 Å². The van der Waals surface area contributed by atoms with Crippen molar-refractivity contribution < 1.29 is 19.2 Å². The van der Waals surface area contributed by atoms with E-state index in [1.807, 2.05) is 55.5 Å². The van der Waals surface area contributed by atoms with Crippen molar-refractivity contribution in [2.75, 3.05) is 11.9 Å². The fraction of sp³-hybridized carbons (Fsp3) is 0.103. The summed E-state index contributed by atoms with van der Waals surface area (Å²) >= 11 is 0. The number of rotatable bonds is 9. The number of nitro groups is 1. The van der Waals surface area contributed by atoms with Crippen LogP contribution < -0.4 is 14.8 Å². The fourth-order valence-electron chi connectivity index (χ4n) is 3.79. The number of carbonyl (C=O) groups is 1. The Labute approximate surface area is 213 Å². The summed E-state index contributed by atoms with van der Waals surface area (Å²) in [6.07, 6.45) is 1.42. The van der Waals surface area contributed by atoms with Crippen LogP contribution in [-0.2, 0) is 11.4 Å². The van der Waals surface area contributed by atoms with Crippen molar-refractivity contribution in [3.63, 3.8) is 0 Å². The predicted octanol–water partition coefficient (Wildman–Crippen LogP) is 6.27. The molecular weight excluding hydrogens is 470 g/mol. The molecule has 0 saturated heterocycles. The molecule has 0 radical (unpaired) electrons. The molecule has 1 N–H and O–H groups in total. The standard InChI is InChI=1S/C29H23N3O5/c1-2-36-28-16-20(15-23(18-30)29(33)31-24-10-6-11-25(17-24)32(34)35)13-14-27(28)37-19-22-9-5-8-21-7-3-4-12-26(21)22/h3-17H,2,19H2,1H3,(H,31,33)/b23-15+. The van der Waals surface area contributed by atoms with Crippen LogP contribution in [0.4, 0.5) is 11.4 Å². The number of hydrogen-bond donors (Lipinski definition) is 1. The summed E-state index contributed by atoms with van der Waals surface area (Å²) in [6, 6.07) is 26.7. The number of nitro benzene ring substituents is 1. The first-order valence-corrected chi connectivity index (χ1v) is 11.5. The van der Waals surface area contributed by atoms with Gasteiger partial charge in [-0.25, -0.2) is 0 Å². The van der Waals surface area contributed by atoms with Crippen molar-refractivity contribution in [3.05, 3.63) is 112 Å². The highest BCUT2D eigenvalue weighted by Gasteiger charge is 2.14. The van der Waals surface area contributed by atoms with Crippen LogP contribution in [0.5, 0.6) is 11.5 Å². The third kappa shape index (κ3) is 6.10. The van der Waals surface area contributed by atoms with Crippen molar-refractivity contribution in [1.82, 2.24) is 0 Å². The molecule has 8 heteroatoms. The van der Waals surface area contributed by atoms with Crippen LogP contribution >= 0.6 is 0 Å². The number of benzene rings is 4. The second-order valence-electron chi connectivity index (χ2n) is 8.00. The first kappa shape index (κ1) is 24.9. The highest BCUT2D eigenvalue weighted by Crippen LogP contribution is 2.31. The summed E-state index contributed by atoms with van der Waals surface area (Å²) in [5, 5.41) is 25.3. The smallest absolute Gasteiger partial charge is 0.271 e. The lowest BCUT2D eigenvalue weighted by molar-refractivity contribution is -0.384. The summed E-state index contributed by atoms with van der Waals surface area (Å²) in [5.41, 5.74) is 1.48. The maximum Gasteiger partial charge on any atom is 0.271 e. The highest BCUT2D eigenvalue weighted by atomic mass is 16.6. The lowest BCUT2D eigenvalue weighted by atomic mass is 10.1. The molecular formula is C29H23N3O5. The maximum atomic E-state index is 12.6. The molecule has 0 bridgehead atoms. The lowest BCUT2D eigenvalue weighted by Crippen LogP contribution is -2.13. The first-order valence-electron chi connectivity index (χ1n) is 11.5. The summed E-state index contributed by atoms with van der Waals surface area (Å²) in [4.78, 5) is 23.1. The first-order chi connectivity index (χ1) is 18.0. The van der Waals surface area contributed by atoms with E-state index in [1.54, 1.807) is 18.2 Å². The fourth-order valence-corrected chi connectivity index (χ4v) is 3.79. The van der Waals surface area contributed by atoms with E-state index in [0.29, 0.717) is 30.3 Å². The SMILES string of the molecule is CCOc1cc(/C=C(\C#N)C(=O)Nc2cccc([N+](=O)[O-])c2)ccc1OCc1cccc2ccccc12. The molecule has 1 amide bonds. The van der Waals surface area contributed by atoms with Gasteiger partial charge in [0.1, 0.15) is 18.2 Å². The van der Waals surface area contributed by atoms with E-state index >= 15 is 0 Å². The molecule has 0 unspecified atom stereocenters.